The van der Waals surface area contributed by atoms with Gasteiger partial charge in [0.15, 0.2) is 23.0 Å². The highest BCUT2D eigenvalue weighted by Crippen LogP contribution is 2.58. The standard InChI is InChI=1S/C31H32N2O4P2/c1-24(26-14-5-3-6-15-26)32(38-34-28-18-9-10-19-29(28)35-38)22-13-23-33(25(2)27-16-7-4-8-17-27)39-36-30-20-11-12-21-31(30)37-39/h3-12,14-21,24-25H,13,22-23H2,1-2H3/t24-,25-/m0/s1. The van der Waals surface area contributed by atoms with Crippen molar-refractivity contribution in [3.63, 3.8) is 0 Å². The number of rotatable bonds is 10. The zero-order valence-corrected chi connectivity index (χ0v) is 23.9. The maximum atomic E-state index is 6.34. The Kier molecular flexibility index (Phi) is 7.99. The molecule has 200 valence electrons. The largest absolute Gasteiger partial charge is 0.423 e. The van der Waals surface area contributed by atoms with Gasteiger partial charge in [0.25, 0.3) is 0 Å². The predicted octanol–water partition coefficient (Wildman–Crippen LogP) is 8.90. The Hall–Kier alpha value is -3.14. The third-order valence-corrected chi connectivity index (χ3v) is 10.4. The van der Waals surface area contributed by atoms with Crippen LogP contribution in [-0.2, 0) is 0 Å². The van der Waals surface area contributed by atoms with Crippen LogP contribution in [0.1, 0.15) is 43.5 Å². The lowest BCUT2D eigenvalue weighted by molar-refractivity contribution is 0.272. The second-order valence-corrected chi connectivity index (χ2v) is 12.3. The molecule has 0 N–H and O–H groups in total. The molecule has 0 amide bonds. The van der Waals surface area contributed by atoms with E-state index in [9.17, 15) is 0 Å². The summed E-state index contributed by atoms with van der Waals surface area (Å²) in [4.78, 5) is 0. The van der Waals surface area contributed by atoms with E-state index in [0.29, 0.717) is 0 Å². The van der Waals surface area contributed by atoms with E-state index in [1.165, 1.54) is 11.1 Å². The van der Waals surface area contributed by atoms with Gasteiger partial charge in [-0.2, -0.15) is 0 Å². The van der Waals surface area contributed by atoms with E-state index in [0.717, 1.165) is 42.5 Å². The molecule has 2 aliphatic rings. The van der Waals surface area contributed by atoms with Crippen LogP contribution in [0, 0.1) is 0 Å². The molecule has 4 aromatic carbocycles. The number of para-hydroxylation sites is 4. The summed E-state index contributed by atoms with van der Waals surface area (Å²) in [6.45, 7) is 6.04. The second-order valence-electron chi connectivity index (χ2n) is 9.59. The second kappa shape index (κ2) is 11.9. The van der Waals surface area contributed by atoms with E-state index in [1.807, 2.05) is 48.5 Å². The van der Waals surface area contributed by atoms with Crippen molar-refractivity contribution in [3.8, 4) is 23.0 Å². The lowest BCUT2D eigenvalue weighted by Gasteiger charge is -2.33. The van der Waals surface area contributed by atoms with Crippen molar-refractivity contribution >= 4 is 17.1 Å². The summed E-state index contributed by atoms with van der Waals surface area (Å²) in [6, 6.07) is 37.2. The molecule has 6 nitrogen and oxygen atoms in total. The van der Waals surface area contributed by atoms with Gasteiger partial charge in [-0.3, -0.25) is 0 Å². The van der Waals surface area contributed by atoms with Crippen LogP contribution in [0.25, 0.3) is 0 Å². The first kappa shape index (κ1) is 26.1. The fourth-order valence-corrected chi connectivity index (χ4v) is 8.03. The molecule has 2 aliphatic heterocycles. The Morgan fingerprint density at radius 3 is 1.13 bits per heavy atom. The van der Waals surface area contributed by atoms with Gasteiger partial charge in [0.2, 0.25) is 0 Å². The summed E-state index contributed by atoms with van der Waals surface area (Å²) in [5.74, 6) is 3.23. The highest BCUT2D eigenvalue weighted by atomic mass is 31.2. The van der Waals surface area contributed by atoms with E-state index < -0.39 is 17.1 Å². The minimum absolute atomic E-state index is 0.126. The van der Waals surface area contributed by atoms with Gasteiger partial charge in [0.05, 0.1) is 0 Å². The molecule has 8 heteroatoms. The minimum Gasteiger partial charge on any atom is -0.423 e. The zero-order valence-electron chi connectivity index (χ0n) is 22.1. The highest BCUT2D eigenvalue weighted by Gasteiger charge is 2.38. The van der Waals surface area contributed by atoms with Crippen LogP contribution in [-0.4, -0.2) is 22.4 Å². The topological polar surface area (TPSA) is 43.4 Å². The SMILES string of the molecule is C[C@@H](c1ccccc1)N(CCCN([C@@H](C)c1ccccc1)P1Oc2ccccc2O1)P1Oc2ccccc2O1. The van der Waals surface area contributed by atoms with E-state index >= 15 is 0 Å². The van der Waals surface area contributed by atoms with Gasteiger partial charge in [-0.05, 0) is 55.7 Å². The summed E-state index contributed by atoms with van der Waals surface area (Å²) in [5, 5.41) is 0. The summed E-state index contributed by atoms with van der Waals surface area (Å²) in [7, 11) is -2.56. The molecular weight excluding hydrogens is 526 g/mol. The average molecular weight is 559 g/mol. The van der Waals surface area contributed by atoms with E-state index in [4.69, 9.17) is 18.1 Å². The maximum Gasteiger partial charge on any atom is 0.385 e. The van der Waals surface area contributed by atoms with E-state index in [2.05, 4.69) is 83.9 Å². The predicted molar refractivity (Wildman–Crippen MR) is 157 cm³/mol. The molecule has 0 bridgehead atoms. The third kappa shape index (κ3) is 5.76. The number of nitrogens with zero attached hydrogens (tertiary/aromatic N) is 2. The smallest absolute Gasteiger partial charge is 0.385 e. The molecule has 0 unspecified atom stereocenters. The zero-order chi connectivity index (χ0) is 26.6. The van der Waals surface area contributed by atoms with Gasteiger partial charge in [0.1, 0.15) is 0 Å². The number of benzene rings is 4. The quantitative estimate of drug-likeness (QED) is 0.181. The molecule has 0 radical (unpaired) electrons. The summed E-state index contributed by atoms with van der Waals surface area (Å²) >= 11 is 0. The van der Waals surface area contributed by atoms with Crippen molar-refractivity contribution in [2.24, 2.45) is 0 Å². The molecule has 0 spiro atoms. The minimum atomic E-state index is -1.28. The number of hydrogen-bond donors (Lipinski definition) is 0. The third-order valence-electron chi connectivity index (χ3n) is 7.06. The fraction of sp³-hybridized carbons (Fsp3) is 0.226. The van der Waals surface area contributed by atoms with Gasteiger partial charge in [-0.25, -0.2) is 9.34 Å². The Bertz CT molecular complexity index is 1220. The van der Waals surface area contributed by atoms with E-state index in [-0.39, 0.29) is 12.1 Å². The summed E-state index contributed by atoms with van der Waals surface area (Å²) in [5.41, 5.74) is 2.47. The summed E-state index contributed by atoms with van der Waals surface area (Å²) in [6.07, 6.45) is 0.887. The Labute approximate surface area is 233 Å². The van der Waals surface area contributed by atoms with Crippen molar-refractivity contribution in [1.29, 1.82) is 0 Å². The van der Waals surface area contributed by atoms with Crippen molar-refractivity contribution in [1.82, 2.24) is 9.34 Å². The Balaban J connectivity index is 1.21. The molecule has 6 rings (SSSR count). The normalized spacial score (nSPS) is 16.1. The van der Waals surface area contributed by atoms with Gasteiger partial charge < -0.3 is 18.1 Å². The lowest BCUT2D eigenvalue weighted by Crippen LogP contribution is -2.30. The first-order valence-corrected chi connectivity index (χ1v) is 15.6. The molecule has 2 atom stereocenters. The van der Waals surface area contributed by atoms with Crippen molar-refractivity contribution in [2.45, 2.75) is 32.4 Å². The van der Waals surface area contributed by atoms with Gasteiger partial charge in [0, 0.05) is 25.2 Å². The molecule has 0 aliphatic carbocycles. The number of fused-ring (bicyclic) bond motifs is 2. The van der Waals surface area contributed by atoms with Crippen molar-refractivity contribution in [2.75, 3.05) is 13.1 Å². The van der Waals surface area contributed by atoms with E-state index in [1.54, 1.807) is 0 Å². The summed E-state index contributed by atoms with van der Waals surface area (Å²) < 4.78 is 30.1. The van der Waals surface area contributed by atoms with Crippen LogP contribution in [0.4, 0.5) is 0 Å². The molecule has 2 heterocycles. The molecule has 39 heavy (non-hydrogen) atoms. The average Bonchev–Trinajstić information content (AvgIpc) is 3.62. The fourth-order valence-electron chi connectivity index (χ4n) is 4.82. The molecule has 0 saturated carbocycles. The molecule has 0 saturated heterocycles. The van der Waals surface area contributed by atoms with Crippen LogP contribution >= 0.6 is 17.1 Å². The highest BCUT2D eigenvalue weighted by molar-refractivity contribution is 7.46. The van der Waals surface area contributed by atoms with Crippen LogP contribution in [0.2, 0.25) is 0 Å². The number of hydrogen-bond acceptors (Lipinski definition) is 6. The lowest BCUT2D eigenvalue weighted by atomic mass is 10.1. The molecule has 0 fully saturated rings. The molecule has 4 aromatic rings. The molecular formula is C31H32N2O4P2. The first-order valence-electron chi connectivity index (χ1n) is 13.3. The van der Waals surface area contributed by atoms with Gasteiger partial charge in [-0.15, -0.1) is 0 Å². The maximum absolute atomic E-state index is 6.34. The Morgan fingerprint density at radius 2 is 0.795 bits per heavy atom. The first-order chi connectivity index (χ1) is 19.2. The molecule has 0 aromatic heterocycles. The van der Waals surface area contributed by atoms with Crippen molar-refractivity contribution < 1.29 is 18.1 Å². The van der Waals surface area contributed by atoms with Gasteiger partial charge >= 0.3 is 17.1 Å². The monoisotopic (exact) mass is 558 g/mol. The van der Waals surface area contributed by atoms with Crippen molar-refractivity contribution in [3.05, 3.63) is 120 Å². The van der Waals surface area contributed by atoms with Crippen LogP contribution in [0.3, 0.4) is 0 Å². The van der Waals surface area contributed by atoms with Crippen LogP contribution in [0.15, 0.2) is 109 Å². The van der Waals surface area contributed by atoms with Gasteiger partial charge in [-0.1, -0.05) is 84.9 Å². The van der Waals surface area contributed by atoms with Crippen LogP contribution < -0.4 is 18.1 Å². The Morgan fingerprint density at radius 1 is 0.487 bits per heavy atom. The van der Waals surface area contributed by atoms with Crippen LogP contribution in [0.5, 0.6) is 23.0 Å².